The second-order valence-corrected chi connectivity index (χ2v) is 5.70. The van der Waals surface area contributed by atoms with Crippen molar-refractivity contribution in [3.05, 3.63) is 52.3 Å². The normalized spacial score (nSPS) is 16.2. The summed E-state index contributed by atoms with van der Waals surface area (Å²) in [5, 5.41) is 9.32. The lowest BCUT2D eigenvalue weighted by molar-refractivity contribution is 0.703. The number of anilines is 1. The highest BCUT2D eigenvalue weighted by Crippen LogP contribution is 2.27. The molecule has 0 radical (unpaired) electrons. The van der Waals surface area contributed by atoms with Crippen molar-refractivity contribution in [3.63, 3.8) is 0 Å². The lowest BCUT2D eigenvalue weighted by Gasteiger charge is -2.29. The van der Waals surface area contributed by atoms with Crippen LogP contribution in [0, 0.1) is 11.3 Å². The second kappa shape index (κ2) is 4.85. The highest BCUT2D eigenvalue weighted by molar-refractivity contribution is 5.46. The molecule has 2 aliphatic rings. The van der Waals surface area contributed by atoms with E-state index in [9.17, 15) is 5.26 Å². The average molecular weight is 276 g/mol. The number of aryl methyl sites for hydroxylation is 1. The minimum Gasteiger partial charge on any atom is -0.336 e. The van der Waals surface area contributed by atoms with Crippen LogP contribution in [0.1, 0.15) is 34.5 Å². The predicted molar refractivity (Wildman–Crippen MR) is 80.0 cm³/mol. The molecule has 4 heteroatoms. The maximum absolute atomic E-state index is 9.32. The third kappa shape index (κ3) is 2.06. The van der Waals surface area contributed by atoms with Gasteiger partial charge in [0.15, 0.2) is 0 Å². The molecule has 1 aliphatic carbocycles. The number of nitrogens with zero attached hydrogens (tertiary/aromatic N) is 4. The molecular formula is C17H16N4. The molecule has 1 aromatic heterocycles. The van der Waals surface area contributed by atoms with Crippen molar-refractivity contribution >= 4 is 5.95 Å². The van der Waals surface area contributed by atoms with Gasteiger partial charge in [-0.3, -0.25) is 0 Å². The zero-order valence-electron chi connectivity index (χ0n) is 11.8. The van der Waals surface area contributed by atoms with Crippen LogP contribution in [0.5, 0.6) is 0 Å². The van der Waals surface area contributed by atoms with E-state index in [2.05, 4.69) is 40.2 Å². The van der Waals surface area contributed by atoms with Gasteiger partial charge in [0.05, 0.1) is 5.69 Å². The molecule has 1 aliphatic heterocycles. The summed E-state index contributed by atoms with van der Waals surface area (Å²) in [6.07, 6.45) is 4.02. The summed E-state index contributed by atoms with van der Waals surface area (Å²) in [6.45, 7) is 1.75. The lowest BCUT2D eigenvalue weighted by atomic mass is 10.0. The second-order valence-electron chi connectivity index (χ2n) is 5.70. The molecule has 0 unspecified atom stereocenters. The van der Waals surface area contributed by atoms with Gasteiger partial charge in [-0.25, -0.2) is 9.97 Å². The standard InChI is InChI=1S/C17H16N4/c18-10-16-14-6-3-7-15(14)19-17(20-16)21-9-8-12-4-1-2-5-13(12)11-21/h1-2,4-5H,3,6-9,11H2. The van der Waals surface area contributed by atoms with Crippen LogP contribution in [0.15, 0.2) is 24.3 Å². The van der Waals surface area contributed by atoms with Gasteiger partial charge in [0.25, 0.3) is 0 Å². The van der Waals surface area contributed by atoms with E-state index < -0.39 is 0 Å². The van der Waals surface area contributed by atoms with Gasteiger partial charge in [0, 0.05) is 18.7 Å². The molecule has 0 spiro atoms. The summed E-state index contributed by atoms with van der Waals surface area (Å²) in [4.78, 5) is 11.4. The monoisotopic (exact) mass is 276 g/mol. The summed E-state index contributed by atoms with van der Waals surface area (Å²) in [5.74, 6) is 0.724. The molecule has 0 atom stereocenters. The van der Waals surface area contributed by atoms with Crippen LogP contribution in [0.4, 0.5) is 5.95 Å². The Morgan fingerprint density at radius 3 is 2.76 bits per heavy atom. The molecule has 1 aromatic carbocycles. The minimum atomic E-state index is 0.575. The van der Waals surface area contributed by atoms with Crippen molar-refractivity contribution < 1.29 is 0 Å². The van der Waals surface area contributed by atoms with E-state index in [1.165, 1.54) is 11.1 Å². The van der Waals surface area contributed by atoms with Gasteiger partial charge >= 0.3 is 0 Å². The summed E-state index contributed by atoms with van der Waals surface area (Å²) in [6, 6.07) is 10.8. The molecule has 2 aromatic rings. The average Bonchev–Trinajstić information content (AvgIpc) is 3.02. The molecular weight excluding hydrogens is 260 g/mol. The number of rotatable bonds is 1. The highest BCUT2D eigenvalue weighted by Gasteiger charge is 2.23. The van der Waals surface area contributed by atoms with Gasteiger partial charge < -0.3 is 4.90 Å². The summed E-state index contributed by atoms with van der Waals surface area (Å²) in [5.41, 5.74) is 5.47. The van der Waals surface area contributed by atoms with Crippen LogP contribution in [-0.4, -0.2) is 16.5 Å². The number of fused-ring (bicyclic) bond motifs is 2. The van der Waals surface area contributed by atoms with E-state index >= 15 is 0 Å². The third-order valence-corrected chi connectivity index (χ3v) is 4.44. The highest BCUT2D eigenvalue weighted by atomic mass is 15.3. The molecule has 0 saturated heterocycles. The molecule has 4 nitrogen and oxygen atoms in total. The van der Waals surface area contributed by atoms with Crippen LogP contribution in [0.2, 0.25) is 0 Å². The fourth-order valence-corrected chi connectivity index (χ4v) is 3.32. The molecule has 21 heavy (non-hydrogen) atoms. The first-order chi connectivity index (χ1) is 10.3. The van der Waals surface area contributed by atoms with E-state index in [0.717, 1.165) is 56.0 Å². The lowest BCUT2D eigenvalue weighted by Crippen LogP contribution is -2.32. The molecule has 0 N–H and O–H groups in total. The number of aromatic nitrogens is 2. The van der Waals surface area contributed by atoms with Crippen molar-refractivity contribution in [2.45, 2.75) is 32.2 Å². The Balaban J connectivity index is 1.71. The Morgan fingerprint density at radius 2 is 1.90 bits per heavy atom. The van der Waals surface area contributed by atoms with E-state index in [-0.39, 0.29) is 0 Å². The van der Waals surface area contributed by atoms with Crippen molar-refractivity contribution in [3.8, 4) is 6.07 Å². The Hall–Kier alpha value is -2.41. The maximum atomic E-state index is 9.32. The fraction of sp³-hybridized carbons (Fsp3) is 0.353. The van der Waals surface area contributed by atoms with E-state index in [1.54, 1.807) is 0 Å². The van der Waals surface area contributed by atoms with Crippen LogP contribution in [0.3, 0.4) is 0 Å². The molecule has 104 valence electrons. The van der Waals surface area contributed by atoms with Crippen molar-refractivity contribution in [2.75, 3.05) is 11.4 Å². The first-order valence-corrected chi connectivity index (χ1v) is 7.47. The number of benzene rings is 1. The molecule has 0 amide bonds. The van der Waals surface area contributed by atoms with E-state index in [4.69, 9.17) is 4.98 Å². The number of hydrogen-bond acceptors (Lipinski definition) is 4. The Labute approximate surface area is 124 Å². The first kappa shape index (κ1) is 12.3. The quantitative estimate of drug-likeness (QED) is 0.802. The van der Waals surface area contributed by atoms with Gasteiger partial charge in [0.2, 0.25) is 5.95 Å². The predicted octanol–water partition coefficient (Wildman–Crippen LogP) is 2.40. The van der Waals surface area contributed by atoms with Gasteiger partial charge in [-0.05, 0) is 36.8 Å². The SMILES string of the molecule is N#Cc1nc(N2CCc3ccccc3C2)nc2c1CCC2. The van der Waals surface area contributed by atoms with Crippen LogP contribution in [0.25, 0.3) is 0 Å². The summed E-state index contributed by atoms with van der Waals surface area (Å²) in [7, 11) is 0. The van der Waals surface area contributed by atoms with E-state index in [0.29, 0.717) is 5.69 Å². The van der Waals surface area contributed by atoms with Crippen LogP contribution >= 0.6 is 0 Å². The third-order valence-electron chi connectivity index (χ3n) is 4.44. The molecule has 0 saturated carbocycles. The minimum absolute atomic E-state index is 0.575. The smallest absolute Gasteiger partial charge is 0.227 e. The fourth-order valence-electron chi connectivity index (χ4n) is 3.32. The van der Waals surface area contributed by atoms with Crippen molar-refractivity contribution in [1.82, 2.24) is 9.97 Å². The largest absolute Gasteiger partial charge is 0.336 e. The first-order valence-electron chi connectivity index (χ1n) is 7.47. The zero-order chi connectivity index (χ0) is 14.2. The van der Waals surface area contributed by atoms with Crippen molar-refractivity contribution in [1.29, 1.82) is 5.26 Å². The Bertz CT molecular complexity index is 745. The van der Waals surface area contributed by atoms with Gasteiger partial charge in [0.1, 0.15) is 11.8 Å². The number of hydrogen-bond donors (Lipinski definition) is 0. The zero-order valence-corrected chi connectivity index (χ0v) is 11.8. The van der Waals surface area contributed by atoms with Gasteiger partial charge in [-0.2, -0.15) is 5.26 Å². The molecule has 0 fully saturated rings. The maximum Gasteiger partial charge on any atom is 0.227 e. The van der Waals surface area contributed by atoms with Crippen molar-refractivity contribution in [2.24, 2.45) is 0 Å². The van der Waals surface area contributed by atoms with Crippen LogP contribution < -0.4 is 4.90 Å². The molecule has 2 heterocycles. The number of nitriles is 1. The van der Waals surface area contributed by atoms with Crippen LogP contribution in [-0.2, 0) is 25.8 Å². The Kier molecular flexibility index (Phi) is 2.85. The molecule has 0 bridgehead atoms. The summed E-state index contributed by atoms with van der Waals surface area (Å²) >= 11 is 0. The topological polar surface area (TPSA) is 52.8 Å². The van der Waals surface area contributed by atoms with E-state index in [1.807, 2.05) is 0 Å². The Morgan fingerprint density at radius 1 is 1.05 bits per heavy atom. The molecule has 4 rings (SSSR count). The van der Waals surface area contributed by atoms with Gasteiger partial charge in [-0.15, -0.1) is 0 Å². The summed E-state index contributed by atoms with van der Waals surface area (Å²) < 4.78 is 0. The van der Waals surface area contributed by atoms with Gasteiger partial charge in [-0.1, -0.05) is 24.3 Å².